The Hall–Kier alpha value is -2.29. The van der Waals surface area contributed by atoms with E-state index in [1.54, 1.807) is 24.3 Å². The Kier molecular flexibility index (Phi) is 4.59. The Morgan fingerprint density at radius 3 is 2.68 bits per heavy atom. The number of aromatic amines is 1. The summed E-state index contributed by atoms with van der Waals surface area (Å²) in [6.07, 6.45) is 0. The summed E-state index contributed by atoms with van der Waals surface area (Å²) in [5, 5.41) is 0.500. The molecule has 2 aromatic carbocycles. The fourth-order valence-corrected chi connectivity index (χ4v) is 3.69. The van der Waals surface area contributed by atoms with Gasteiger partial charge in [0, 0.05) is 12.1 Å². The molecule has 25 heavy (non-hydrogen) atoms. The predicted molar refractivity (Wildman–Crippen MR) is 92.4 cm³/mol. The third-order valence-corrected chi connectivity index (χ3v) is 5.69. The van der Waals surface area contributed by atoms with Crippen molar-refractivity contribution in [2.45, 2.75) is 11.4 Å². The summed E-state index contributed by atoms with van der Waals surface area (Å²) in [7, 11) is -2.84. The highest BCUT2D eigenvalue weighted by molar-refractivity contribution is 7.89. The first-order valence-corrected chi connectivity index (χ1v) is 9.00. The van der Waals surface area contributed by atoms with Crippen LogP contribution < -0.4 is 5.56 Å². The number of sulfonamides is 1. The fourth-order valence-electron chi connectivity index (χ4n) is 2.36. The molecule has 0 saturated heterocycles. The van der Waals surface area contributed by atoms with Crippen molar-refractivity contribution in [3.05, 3.63) is 69.5 Å². The highest BCUT2D eigenvalue weighted by atomic mass is 35.5. The van der Waals surface area contributed by atoms with Crippen LogP contribution in [0, 0.1) is 5.82 Å². The zero-order valence-electron chi connectivity index (χ0n) is 13.0. The maximum atomic E-state index is 14.0. The lowest BCUT2D eigenvalue weighted by atomic mass is 10.2. The van der Waals surface area contributed by atoms with Crippen LogP contribution in [0.5, 0.6) is 0 Å². The minimum absolute atomic E-state index is 0.0969. The van der Waals surface area contributed by atoms with Crippen LogP contribution in [0.1, 0.15) is 5.82 Å². The maximum Gasteiger partial charge on any atom is 0.258 e. The van der Waals surface area contributed by atoms with Crippen LogP contribution in [-0.4, -0.2) is 29.7 Å². The van der Waals surface area contributed by atoms with Gasteiger partial charge < -0.3 is 4.98 Å². The molecule has 6 nitrogen and oxygen atoms in total. The molecular formula is C16H13ClFN3O3S. The molecule has 0 aliphatic carbocycles. The third-order valence-electron chi connectivity index (χ3n) is 3.62. The number of nitrogens with one attached hydrogen (secondary N) is 1. The summed E-state index contributed by atoms with van der Waals surface area (Å²) < 4.78 is 39.9. The van der Waals surface area contributed by atoms with Crippen LogP contribution >= 0.6 is 11.6 Å². The van der Waals surface area contributed by atoms with Gasteiger partial charge in [-0.15, -0.1) is 0 Å². The number of rotatable bonds is 4. The summed E-state index contributed by atoms with van der Waals surface area (Å²) in [6, 6.07) is 10.0. The zero-order valence-corrected chi connectivity index (χ0v) is 14.6. The molecule has 130 valence electrons. The van der Waals surface area contributed by atoms with E-state index in [1.807, 2.05) is 0 Å². The van der Waals surface area contributed by atoms with Crippen molar-refractivity contribution in [3.63, 3.8) is 0 Å². The Balaban J connectivity index is 1.96. The van der Waals surface area contributed by atoms with Gasteiger partial charge in [-0.1, -0.05) is 23.7 Å². The van der Waals surface area contributed by atoms with E-state index in [1.165, 1.54) is 13.1 Å². The molecule has 0 radical (unpaired) electrons. The summed E-state index contributed by atoms with van der Waals surface area (Å²) in [6.45, 7) is -0.218. The van der Waals surface area contributed by atoms with Gasteiger partial charge in [0.05, 0.1) is 17.4 Å². The average molecular weight is 382 g/mol. The minimum Gasteiger partial charge on any atom is -0.309 e. The SMILES string of the molecule is CN(Cc1nc2ccccc2c(=O)[nH]1)S(=O)(=O)c1ccc(Cl)cc1F. The molecule has 0 unspecified atom stereocenters. The van der Waals surface area contributed by atoms with Gasteiger partial charge in [-0.25, -0.2) is 17.8 Å². The minimum atomic E-state index is -4.11. The first-order valence-electron chi connectivity index (χ1n) is 7.18. The smallest absolute Gasteiger partial charge is 0.258 e. The molecule has 9 heteroatoms. The lowest BCUT2D eigenvalue weighted by Gasteiger charge is -2.17. The van der Waals surface area contributed by atoms with Crippen molar-refractivity contribution in [3.8, 4) is 0 Å². The van der Waals surface area contributed by atoms with Crippen molar-refractivity contribution >= 4 is 32.5 Å². The number of fused-ring (bicyclic) bond motifs is 1. The van der Waals surface area contributed by atoms with Crippen molar-refractivity contribution in [2.75, 3.05) is 7.05 Å². The highest BCUT2D eigenvalue weighted by Crippen LogP contribution is 2.22. The number of nitrogens with zero attached hydrogens (tertiary/aromatic N) is 2. The van der Waals surface area contributed by atoms with Crippen LogP contribution in [0.3, 0.4) is 0 Å². The second-order valence-electron chi connectivity index (χ2n) is 5.37. The maximum absolute atomic E-state index is 14.0. The van der Waals surface area contributed by atoms with Gasteiger partial charge in [-0.05, 0) is 30.3 Å². The molecule has 1 N–H and O–H groups in total. The molecule has 3 rings (SSSR count). The molecule has 0 saturated carbocycles. The summed E-state index contributed by atoms with van der Waals surface area (Å²) >= 11 is 5.65. The molecule has 1 heterocycles. The molecule has 0 aliphatic rings. The molecule has 3 aromatic rings. The van der Waals surface area contributed by atoms with Crippen LogP contribution in [0.15, 0.2) is 52.2 Å². The summed E-state index contributed by atoms with van der Waals surface area (Å²) in [4.78, 5) is 18.3. The van der Waals surface area contributed by atoms with Crippen molar-refractivity contribution in [1.82, 2.24) is 14.3 Å². The van der Waals surface area contributed by atoms with E-state index in [0.29, 0.717) is 10.9 Å². The molecule has 0 amide bonds. The normalized spacial score (nSPS) is 12.0. The first-order chi connectivity index (χ1) is 11.8. The molecule has 0 fully saturated rings. The van der Waals surface area contributed by atoms with Gasteiger partial charge >= 0.3 is 0 Å². The average Bonchev–Trinajstić information content (AvgIpc) is 2.54. The molecule has 0 bridgehead atoms. The number of aromatic nitrogens is 2. The van der Waals surface area contributed by atoms with Gasteiger partial charge in [0.2, 0.25) is 10.0 Å². The number of benzene rings is 2. The van der Waals surface area contributed by atoms with Crippen molar-refractivity contribution in [2.24, 2.45) is 0 Å². The van der Waals surface area contributed by atoms with E-state index in [4.69, 9.17) is 11.6 Å². The topological polar surface area (TPSA) is 83.1 Å². The van der Waals surface area contributed by atoms with Gasteiger partial charge in [0.1, 0.15) is 16.5 Å². The molecule has 0 spiro atoms. The molecule has 0 aliphatic heterocycles. The third kappa shape index (κ3) is 3.41. The second kappa shape index (κ2) is 6.55. The van der Waals surface area contributed by atoms with Gasteiger partial charge in [-0.3, -0.25) is 4.79 Å². The molecule has 1 aromatic heterocycles. The largest absolute Gasteiger partial charge is 0.309 e. The predicted octanol–water partition coefficient (Wildman–Crippen LogP) is 2.54. The van der Waals surface area contributed by atoms with E-state index in [2.05, 4.69) is 9.97 Å². The number of hydrogen-bond acceptors (Lipinski definition) is 4. The second-order valence-corrected chi connectivity index (χ2v) is 7.82. The Bertz CT molecular complexity index is 1120. The van der Waals surface area contributed by atoms with E-state index < -0.39 is 20.7 Å². The number of hydrogen-bond donors (Lipinski definition) is 1. The quantitative estimate of drug-likeness (QED) is 0.752. The van der Waals surface area contributed by atoms with Crippen LogP contribution in [0.25, 0.3) is 10.9 Å². The Morgan fingerprint density at radius 1 is 1.24 bits per heavy atom. The lowest BCUT2D eigenvalue weighted by Crippen LogP contribution is -2.29. The number of halogens is 2. The number of para-hydroxylation sites is 1. The first kappa shape index (κ1) is 17.5. The zero-order chi connectivity index (χ0) is 18.2. The van der Waals surface area contributed by atoms with Crippen LogP contribution in [0.2, 0.25) is 5.02 Å². The van der Waals surface area contributed by atoms with E-state index in [0.717, 1.165) is 16.4 Å². The molecule has 0 atom stereocenters. The van der Waals surface area contributed by atoms with Crippen LogP contribution in [-0.2, 0) is 16.6 Å². The van der Waals surface area contributed by atoms with Crippen LogP contribution in [0.4, 0.5) is 4.39 Å². The van der Waals surface area contributed by atoms with Gasteiger partial charge in [0.15, 0.2) is 0 Å². The van der Waals surface area contributed by atoms with E-state index in [-0.39, 0.29) is 23.0 Å². The molecular weight excluding hydrogens is 369 g/mol. The summed E-state index contributed by atoms with van der Waals surface area (Å²) in [5.41, 5.74) is 0.0776. The van der Waals surface area contributed by atoms with Gasteiger partial charge in [-0.2, -0.15) is 4.31 Å². The van der Waals surface area contributed by atoms with E-state index in [9.17, 15) is 17.6 Å². The summed E-state index contributed by atoms with van der Waals surface area (Å²) in [5.74, 6) is -0.788. The van der Waals surface area contributed by atoms with Gasteiger partial charge in [0.25, 0.3) is 5.56 Å². The van der Waals surface area contributed by atoms with Crippen molar-refractivity contribution in [1.29, 1.82) is 0 Å². The van der Waals surface area contributed by atoms with Crippen molar-refractivity contribution < 1.29 is 12.8 Å². The number of H-pyrrole nitrogens is 1. The lowest BCUT2D eigenvalue weighted by molar-refractivity contribution is 0.451. The Morgan fingerprint density at radius 2 is 1.96 bits per heavy atom. The monoisotopic (exact) mass is 381 g/mol. The Labute approximate surface area is 147 Å². The van der Waals surface area contributed by atoms with E-state index >= 15 is 0 Å². The standard InChI is InChI=1S/C16H13ClFN3O3S/c1-21(25(23,24)14-7-6-10(17)8-12(14)18)9-15-19-13-5-3-2-4-11(13)16(22)20-15/h2-8H,9H2,1H3,(H,19,20,22). The highest BCUT2D eigenvalue weighted by Gasteiger charge is 2.25. The fraction of sp³-hybridized carbons (Fsp3) is 0.125.